The van der Waals surface area contributed by atoms with Crippen molar-refractivity contribution in [2.45, 2.75) is 0 Å². The lowest BCUT2D eigenvalue weighted by molar-refractivity contribution is 0.415. The second-order valence-electron chi connectivity index (χ2n) is 6.09. The zero-order valence-corrected chi connectivity index (χ0v) is 15.5. The molecule has 0 bridgehead atoms. The molecule has 1 aliphatic heterocycles. The average molecular weight is 373 g/mol. The van der Waals surface area contributed by atoms with Crippen LogP contribution in [-0.4, -0.2) is 19.0 Å². The van der Waals surface area contributed by atoms with Crippen molar-refractivity contribution in [3.8, 4) is 5.75 Å². The van der Waals surface area contributed by atoms with Gasteiger partial charge in [-0.05, 0) is 42.0 Å². The second kappa shape index (κ2) is 7.60. The van der Waals surface area contributed by atoms with Gasteiger partial charge in [0.05, 0.1) is 24.2 Å². The molecule has 0 radical (unpaired) electrons. The fourth-order valence-corrected chi connectivity index (χ4v) is 2.99. The van der Waals surface area contributed by atoms with Crippen molar-refractivity contribution in [3.05, 3.63) is 100 Å². The maximum atomic E-state index is 6.06. The van der Waals surface area contributed by atoms with Gasteiger partial charge in [0.25, 0.3) is 0 Å². The number of methoxy groups -OCH3 is 1. The highest BCUT2D eigenvalue weighted by Gasteiger charge is 2.14. The van der Waals surface area contributed by atoms with E-state index < -0.39 is 0 Å². The molecule has 0 fully saturated rings. The highest BCUT2D eigenvalue weighted by atomic mass is 35.5. The molecule has 0 atom stereocenters. The Hall–Kier alpha value is -3.17. The van der Waals surface area contributed by atoms with Crippen LogP contribution in [-0.2, 0) is 0 Å². The minimum atomic E-state index is 0.692. The quantitative estimate of drug-likeness (QED) is 0.559. The lowest BCUT2D eigenvalue weighted by Crippen LogP contribution is -2.03. The predicted octanol–water partition coefficient (Wildman–Crippen LogP) is 5.94. The minimum Gasteiger partial charge on any atom is -0.497 e. The molecule has 3 aromatic carbocycles. The molecule has 132 valence electrons. The molecule has 0 saturated carbocycles. The number of hydrogen-bond acceptors (Lipinski definition) is 3. The number of aliphatic imine (C=N–C) groups is 2. The van der Waals surface area contributed by atoms with E-state index in [1.807, 2.05) is 85.1 Å². The van der Waals surface area contributed by atoms with Gasteiger partial charge < -0.3 is 4.74 Å². The van der Waals surface area contributed by atoms with Gasteiger partial charge in [0, 0.05) is 22.4 Å². The molecule has 3 nitrogen and oxygen atoms in total. The monoisotopic (exact) mass is 372 g/mol. The second-order valence-corrected chi connectivity index (χ2v) is 6.52. The first-order valence-electron chi connectivity index (χ1n) is 8.57. The van der Waals surface area contributed by atoms with Crippen LogP contribution in [0.15, 0.2) is 88.5 Å². The Bertz CT molecular complexity index is 1050. The summed E-state index contributed by atoms with van der Waals surface area (Å²) in [5.41, 5.74) is 5.47. The van der Waals surface area contributed by atoms with E-state index in [-0.39, 0.29) is 0 Å². The molecule has 0 spiro atoms. The normalized spacial score (nSPS) is 14.4. The van der Waals surface area contributed by atoms with Gasteiger partial charge in [0.1, 0.15) is 5.75 Å². The Kier molecular flexibility index (Phi) is 4.86. The van der Waals surface area contributed by atoms with E-state index in [9.17, 15) is 0 Å². The van der Waals surface area contributed by atoms with Crippen molar-refractivity contribution in [2.24, 2.45) is 9.98 Å². The number of para-hydroxylation sites is 1. The lowest BCUT2D eigenvalue weighted by Gasteiger charge is -2.08. The largest absolute Gasteiger partial charge is 0.497 e. The van der Waals surface area contributed by atoms with E-state index in [1.54, 1.807) is 7.11 Å². The van der Waals surface area contributed by atoms with Gasteiger partial charge in [-0.15, -0.1) is 0 Å². The van der Waals surface area contributed by atoms with Crippen LogP contribution in [0.3, 0.4) is 0 Å². The number of benzene rings is 3. The van der Waals surface area contributed by atoms with Crippen molar-refractivity contribution in [1.29, 1.82) is 0 Å². The lowest BCUT2D eigenvalue weighted by atomic mass is 10.0. The molecule has 0 unspecified atom stereocenters. The Morgan fingerprint density at radius 2 is 1.63 bits per heavy atom. The first kappa shape index (κ1) is 17.3. The van der Waals surface area contributed by atoms with E-state index in [0.29, 0.717) is 5.02 Å². The van der Waals surface area contributed by atoms with Crippen LogP contribution in [0, 0.1) is 0 Å². The van der Waals surface area contributed by atoms with Crippen LogP contribution in [0.2, 0.25) is 5.02 Å². The molecular formula is C23H17ClN2O. The molecule has 1 aliphatic rings. The van der Waals surface area contributed by atoms with Crippen LogP contribution in [0.4, 0.5) is 5.69 Å². The van der Waals surface area contributed by atoms with Gasteiger partial charge >= 0.3 is 0 Å². The van der Waals surface area contributed by atoms with Crippen LogP contribution in [0.25, 0.3) is 6.08 Å². The van der Waals surface area contributed by atoms with E-state index in [0.717, 1.165) is 39.5 Å². The van der Waals surface area contributed by atoms with E-state index in [1.165, 1.54) is 0 Å². The fourth-order valence-electron chi connectivity index (χ4n) is 2.86. The fraction of sp³-hybridized carbons (Fsp3) is 0.0435. The summed E-state index contributed by atoms with van der Waals surface area (Å²) >= 11 is 6.06. The molecule has 3 aromatic rings. The van der Waals surface area contributed by atoms with Gasteiger partial charge in [0.15, 0.2) is 0 Å². The van der Waals surface area contributed by atoms with E-state index in [2.05, 4.69) is 0 Å². The van der Waals surface area contributed by atoms with E-state index >= 15 is 0 Å². The Labute approximate surface area is 163 Å². The average Bonchev–Trinajstić information content (AvgIpc) is 2.89. The number of ether oxygens (including phenoxy) is 1. The summed E-state index contributed by atoms with van der Waals surface area (Å²) in [6, 6.07) is 23.5. The van der Waals surface area contributed by atoms with Gasteiger partial charge in [0.2, 0.25) is 0 Å². The molecule has 27 heavy (non-hydrogen) atoms. The number of halogens is 1. The highest BCUT2D eigenvalue weighted by molar-refractivity contribution is 6.30. The molecule has 0 amide bonds. The molecule has 4 heteroatoms. The number of allylic oxidation sites excluding steroid dienone is 1. The Morgan fingerprint density at radius 3 is 2.37 bits per heavy atom. The predicted molar refractivity (Wildman–Crippen MR) is 113 cm³/mol. The summed E-state index contributed by atoms with van der Waals surface area (Å²) in [5, 5.41) is 0.692. The maximum Gasteiger partial charge on any atom is 0.118 e. The van der Waals surface area contributed by atoms with Crippen LogP contribution >= 0.6 is 11.6 Å². The Balaban J connectivity index is 1.85. The summed E-state index contributed by atoms with van der Waals surface area (Å²) in [6.45, 7) is 0. The topological polar surface area (TPSA) is 34.0 Å². The molecule has 0 aromatic heterocycles. The van der Waals surface area contributed by atoms with Crippen molar-refractivity contribution in [1.82, 2.24) is 0 Å². The van der Waals surface area contributed by atoms with Gasteiger partial charge in [-0.2, -0.15) is 0 Å². The standard InChI is InChI=1S/C23H17ClN2O/c1-27-20-12-6-16(7-13-20)14-22-23(17-8-10-19(24)11-9-17)26-21-5-3-2-4-18(21)15-25-22/h2-15H,1H3/b22-14-. The van der Waals surface area contributed by atoms with Gasteiger partial charge in [-0.3, -0.25) is 4.99 Å². The summed E-state index contributed by atoms with van der Waals surface area (Å²) < 4.78 is 5.24. The van der Waals surface area contributed by atoms with Crippen LogP contribution < -0.4 is 4.74 Å². The van der Waals surface area contributed by atoms with Gasteiger partial charge in [-0.1, -0.05) is 54.1 Å². The first-order valence-corrected chi connectivity index (χ1v) is 8.94. The van der Waals surface area contributed by atoms with Crippen molar-refractivity contribution in [2.75, 3.05) is 7.11 Å². The van der Waals surface area contributed by atoms with Crippen LogP contribution in [0.1, 0.15) is 16.7 Å². The minimum absolute atomic E-state index is 0.692. The molecule has 4 rings (SSSR count). The van der Waals surface area contributed by atoms with Crippen molar-refractivity contribution >= 4 is 35.3 Å². The zero-order valence-electron chi connectivity index (χ0n) is 14.8. The zero-order chi connectivity index (χ0) is 18.6. The highest BCUT2D eigenvalue weighted by Crippen LogP contribution is 2.27. The Morgan fingerprint density at radius 1 is 0.889 bits per heavy atom. The number of rotatable bonds is 3. The van der Waals surface area contributed by atoms with Gasteiger partial charge in [-0.25, -0.2) is 4.99 Å². The summed E-state index contributed by atoms with van der Waals surface area (Å²) in [5.74, 6) is 0.820. The molecule has 0 saturated heterocycles. The van der Waals surface area contributed by atoms with Crippen LogP contribution in [0.5, 0.6) is 5.75 Å². The maximum absolute atomic E-state index is 6.06. The number of hydrogen-bond donors (Lipinski definition) is 0. The first-order chi connectivity index (χ1) is 13.2. The molecule has 1 heterocycles. The number of fused-ring (bicyclic) bond motifs is 1. The third kappa shape index (κ3) is 3.83. The van der Waals surface area contributed by atoms with Crippen molar-refractivity contribution < 1.29 is 4.74 Å². The molecule has 0 aliphatic carbocycles. The summed E-state index contributed by atoms with van der Waals surface area (Å²) in [6.07, 6.45) is 3.88. The van der Waals surface area contributed by atoms with Crippen molar-refractivity contribution in [3.63, 3.8) is 0 Å². The molecular weight excluding hydrogens is 356 g/mol. The van der Waals surface area contributed by atoms with E-state index in [4.69, 9.17) is 26.3 Å². The number of nitrogens with zero attached hydrogens (tertiary/aromatic N) is 2. The summed E-state index contributed by atoms with van der Waals surface area (Å²) in [7, 11) is 1.66. The third-order valence-electron chi connectivity index (χ3n) is 4.29. The summed E-state index contributed by atoms with van der Waals surface area (Å²) in [4.78, 5) is 9.63. The SMILES string of the molecule is COc1ccc(/C=C2\N=Cc3ccccc3N=C2c2ccc(Cl)cc2)cc1. The molecule has 0 N–H and O–H groups in total. The smallest absolute Gasteiger partial charge is 0.118 e. The third-order valence-corrected chi connectivity index (χ3v) is 4.54.